The fourth-order valence-corrected chi connectivity index (χ4v) is 2.84. The minimum atomic E-state index is -3.18. The fourth-order valence-electron chi connectivity index (χ4n) is 2.14. The highest BCUT2D eigenvalue weighted by Crippen LogP contribution is 2.31. The average Bonchev–Trinajstić information content (AvgIpc) is 2.64. The number of nitrogens with zero attached hydrogens (tertiary/aromatic N) is 2. The van der Waals surface area contributed by atoms with Gasteiger partial charge in [-0.05, 0) is 24.6 Å². The third kappa shape index (κ3) is 3.55. The highest BCUT2D eigenvalue weighted by Gasteiger charge is 2.19. The van der Waals surface area contributed by atoms with Crippen molar-refractivity contribution < 1.29 is 13.2 Å². The van der Waals surface area contributed by atoms with E-state index >= 15 is 0 Å². The van der Waals surface area contributed by atoms with Crippen LogP contribution in [0.15, 0.2) is 24.3 Å². The Morgan fingerprint density at radius 1 is 1.29 bits per heavy atom. The second-order valence-corrected chi connectivity index (χ2v) is 7.00. The van der Waals surface area contributed by atoms with Crippen LogP contribution in [0.3, 0.4) is 0 Å². The normalized spacial score (nSPS) is 11.6. The van der Waals surface area contributed by atoms with Crippen molar-refractivity contribution in [2.75, 3.05) is 18.6 Å². The van der Waals surface area contributed by atoms with Crippen LogP contribution in [0.4, 0.5) is 5.82 Å². The molecule has 0 bridgehead atoms. The van der Waals surface area contributed by atoms with E-state index in [1.54, 1.807) is 7.05 Å². The van der Waals surface area contributed by atoms with Crippen molar-refractivity contribution in [1.29, 1.82) is 0 Å². The van der Waals surface area contributed by atoms with Crippen molar-refractivity contribution in [3.8, 4) is 16.9 Å². The van der Waals surface area contributed by atoms with Crippen LogP contribution in [0.2, 0.25) is 0 Å². The van der Waals surface area contributed by atoms with Crippen LogP contribution in [0, 0.1) is 0 Å². The first kappa shape index (κ1) is 15.4. The number of anilines is 1. The van der Waals surface area contributed by atoms with Gasteiger partial charge in [-0.15, -0.1) is 0 Å². The van der Waals surface area contributed by atoms with Crippen molar-refractivity contribution >= 4 is 15.7 Å². The molecular weight excluding hydrogens is 290 g/mol. The van der Waals surface area contributed by atoms with Gasteiger partial charge in [-0.3, -0.25) is 4.68 Å². The van der Waals surface area contributed by atoms with E-state index in [-0.39, 0.29) is 5.75 Å². The maximum Gasteiger partial charge on any atom is 0.153 e. The molecule has 21 heavy (non-hydrogen) atoms. The number of benzene rings is 1. The van der Waals surface area contributed by atoms with E-state index in [1.807, 2.05) is 31.2 Å². The molecular formula is C14H19N3O3S. The van der Waals surface area contributed by atoms with Crippen LogP contribution in [0.25, 0.3) is 11.1 Å². The molecule has 2 rings (SSSR count). The van der Waals surface area contributed by atoms with Crippen molar-refractivity contribution in [2.45, 2.75) is 12.7 Å². The Morgan fingerprint density at radius 3 is 2.43 bits per heavy atom. The SMILES string of the molecule is CCOc1ccc(-c2c(CS(C)(=O)=O)nn(C)c2N)cc1. The van der Waals surface area contributed by atoms with Crippen LogP contribution < -0.4 is 10.5 Å². The average molecular weight is 309 g/mol. The molecule has 0 spiro atoms. The van der Waals surface area contributed by atoms with Gasteiger partial charge < -0.3 is 10.5 Å². The largest absolute Gasteiger partial charge is 0.494 e. The van der Waals surface area contributed by atoms with Gasteiger partial charge in [0.15, 0.2) is 9.84 Å². The molecule has 1 aromatic carbocycles. The number of aryl methyl sites for hydroxylation is 1. The minimum absolute atomic E-state index is 0.138. The van der Waals surface area contributed by atoms with E-state index in [9.17, 15) is 8.42 Å². The molecule has 0 amide bonds. The summed E-state index contributed by atoms with van der Waals surface area (Å²) >= 11 is 0. The number of aromatic nitrogens is 2. The number of nitrogen functional groups attached to an aromatic ring is 1. The summed E-state index contributed by atoms with van der Waals surface area (Å²) in [5, 5.41) is 4.21. The van der Waals surface area contributed by atoms with E-state index in [1.165, 1.54) is 10.9 Å². The van der Waals surface area contributed by atoms with Gasteiger partial charge >= 0.3 is 0 Å². The van der Waals surface area contributed by atoms with Gasteiger partial charge in [0.05, 0.1) is 18.1 Å². The van der Waals surface area contributed by atoms with Crippen LogP contribution in [0.5, 0.6) is 5.75 Å². The molecule has 0 aliphatic heterocycles. The van der Waals surface area contributed by atoms with Gasteiger partial charge in [-0.1, -0.05) is 12.1 Å². The maximum absolute atomic E-state index is 11.5. The molecule has 0 saturated heterocycles. The number of rotatable bonds is 5. The first-order valence-corrected chi connectivity index (χ1v) is 8.60. The van der Waals surface area contributed by atoms with Crippen LogP contribution in [0.1, 0.15) is 12.6 Å². The predicted molar refractivity (Wildman–Crippen MR) is 82.8 cm³/mol. The number of sulfone groups is 1. The Balaban J connectivity index is 2.47. The Kier molecular flexibility index (Phi) is 4.22. The molecule has 1 aromatic heterocycles. The summed E-state index contributed by atoms with van der Waals surface area (Å²) < 4.78 is 30.0. The van der Waals surface area contributed by atoms with Gasteiger partial charge in [0.25, 0.3) is 0 Å². The molecule has 2 aromatic rings. The summed E-state index contributed by atoms with van der Waals surface area (Å²) in [5.74, 6) is 1.06. The predicted octanol–water partition coefficient (Wildman–Crippen LogP) is 1.61. The molecule has 7 heteroatoms. The second-order valence-electron chi connectivity index (χ2n) is 4.86. The van der Waals surface area contributed by atoms with Crippen LogP contribution >= 0.6 is 0 Å². The Labute approximate surface area is 124 Å². The van der Waals surface area contributed by atoms with E-state index in [2.05, 4.69) is 5.10 Å². The molecule has 0 fully saturated rings. The first-order valence-electron chi connectivity index (χ1n) is 6.54. The molecule has 0 radical (unpaired) electrons. The van der Waals surface area contributed by atoms with Crippen LogP contribution in [-0.2, 0) is 22.6 Å². The summed E-state index contributed by atoms with van der Waals surface area (Å²) in [7, 11) is -1.49. The molecule has 0 atom stereocenters. The molecule has 2 N–H and O–H groups in total. The Hall–Kier alpha value is -2.02. The zero-order valence-electron chi connectivity index (χ0n) is 12.3. The summed E-state index contributed by atoms with van der Waals surface area (Å²) in [6.45, 7) is 2.50. The number of hydrogen-bond acceptors (Lipinski definition) is 5. The van der Waals surface area contributed by atoms with E-state index in [0.29, 0.717) is 23.7 Å². The summed E-state index contributed by atoms with van der Waals surface area (Å²) in [6, 6.07) is 7.36. The molecule has 0 aliphatic carbocycles. The van der Waals surface area contributed by atoms with Gasteiger partial charge in [-0.2, -0.15) is 5.10 Å². The van der Waals surface area contributed by atoms with E-state index < -0.39 is 9.84 Å². The van der Waals surface area contributed by atoms with Crippen LogP contribution in [-0.4, -0.2) is 31.1 Å². The smallest absolute Gasteiger partial charge is 0.153 e. The van der Waals surface area contributed by atoms with E-state index in [0.717, 1.165) is 11.3 Å². The Morgan fingerprint density at radius 2 is 1.90 bits per heavy atom. The van der Waals surface area contributed by atoms with Gasteiger partial charge in [0.2, 0.25) is 0 Å². The lowest BCUT2D eigenvalue weighted by Gasteiger charge is -2.06. The summed E-state index contributed by atoms with van der Waals surface area (Å²) in [4.78, 5) is 0. The third-order valence-corrected chi connectivity index (χ3v) is 3.81. The molecule has 1 heterocycles. The monoisotopic (exact) mass is 309 g/mol. The Bertz CT molecular complexity index is 734. The van der Waals surface area contributed by atoms with E-state index in [4.69, 9.17) is 10.5 Å². The van der Waals surface area contributed by atoms with Crippen molar-refractivity contribution in [1.82, 2.24) is 9.78 Å². The zero-order valence-corrected chi connectivity index (χ0v) is 13.1. The third-order valence-electron chi connectivity index (χ3n) is 3.02. The number of ether oxygens (including phenoxy) is 1. The van der Waals surface area contributed by atoms with Crippen molar-refractivity contribution in [2.24, 2.45) is 7.05 Å². The highest BCUT2D eigenvalue weighted by atomic mass is 32.2. The molecule has 0 aliphatic rings. The summed E-state index contributed by atoms with van der Waals surface area (Å²) in [5.41, 5.74) is 7.97. The molecule has 6 nitrogen and oxygen atoms in total. The topological polar surface area (TPSA) is 87.2 Å². The quantitative estimate of drug-likeness (QED) is 0.906. The lowest BCUT2D eigenvalue weighted by Crippen LogP contribution is -2.03. The molecule has 0 unspecified atom stereocenters. The molecule has 114 valence electrons. The number of hydrogen-bond donors (Lipinski definition) is 1. The van der Waals surface area contributed by atoms with Crippen molar-refractivity contribution in [3.63, 3.8) is 0 Å². The minimum Gasteiger partial charge on any atom is -0.494 e. The second kappa shape index (κ2) is 5.77. The lowest BCUT2D eigenvalue weighted by atomic mass is 10.1. The standard InChI is InChI=1S/C14H19N3O3S/c1-4-20-11-7-5-10(6-8-11)13-12(9-21(3,18)19)16-17(2)14(13)15/h5-8H,4,9,15H2,1-3H3. The van der Waals surface area contributed by atoms with Gasteiger partial charge in [0, 0.05) is 18.9 Å². The molecule has 0 saturated carbocycles. The van der Waals surface area contributed by atoms with Gasteiger partial charge in [0.1, 0.15) is 11.6 Å². The fraction of sp³-hybridized carbons (Fsp3) is 0.357. The number of nitrogens with two attached hydrogens (primary N) is 1. The zero-order chi connectivity index (χ0) is 15.6. The van der Waals surface area contributed by atoms with Crippen molar-refractivity contribution in [3.05, 3.63) is 30.0 Å². The maximum atomic E-state index is 11.5. The highest BCUT2D eigenvalue weighted by molar-refractivity contribution is 7.89. The lowest BCUT2D eigenvalue weighted by molar-refractivity contribution is 0.340. The van der Waals surface area contributed by atoms with Gasteiger partial charge in [-0.25, -0.2) is 8.42 Å². The first-order chi connectivity index (χ1) is 9.81. The summed E-state index contributed by atoms with van der Waals surface area (Å²) in [6.07, 6.45) is 1.18.